The van der Waals surface area contributed by atoms with E-state index in [-0.39, 0.29) is 30.4 Å². The zero-order chi connectivity index (χ0) is 18.7. The Balaban J connectivity index is 1.69. The second-order valence-electron chi connectivity index (χ2n) is 5.59. The van der Waals surface area contributed by atoms with Gasteiger partial charge in [0.1, 0.15) is 23.7 Å². The predicted molar refractivity (Wildman–Crippen MR) is 90.1 cm³/mol. The molecule has 138 valence electrons. The first-order chi connectivity index (χ1) is 12.4. The number of benzene rings is 1. The number of amides is 1. The summed E-state index contributed by atoms with van der Waals surface area (Å²) in [5.41, 5.74) is 0.219. The largest absolute Gasteiger partial charge is 0.437 e. The number of alkyl halides is 2. The standard InChI is InChI=1S/C17H14BrF3N2O3/c18-13-6-10(19)3-4-14(13)26-16-12(2-1-5-22-16)17(24)23-7-11(8-23)25-9-15(20)21/h1-6,11,15H,7-9H2. The number of halogens is 4. The normalized spacial score (nSPS) is 14.4. The number of aromatic nitrogens is 1. The van der Waals surface area contributed by atoms with Gasteiger partial charge in [0, 0.05) is 19.3 Å². The molecule has 2 aromatic rings. The molecule has 0 saturated carbocycles. The van der Waals surface area contributed by atoms with E-state index in [9.17, 15) is 18.0 Å². The number of hydrogen-bond donors (Lipinski definition) is 0. The number of carbonyl (C=O) groups excluding carboxylic acids is 1. The minimum absolute atomic E-state index is 0.0711. The number of likely N-dealkylation sites (tertiary alicyclic amines) is 1. The van der Waals surface area contributed by atoms with Crippen LogP contribution in [0, 0.1) is 5.82 Å². The van der Waals surface area contributed by atoms with Crippen LogP contribution in [0.2, 0.25) is 0 Å². The van der Waals surface area contributed by atoms with E-state index in [0.717, 1.165) is 0 Å². The second kappa shape index (κ2) is 8.05. The fourth-order valence-electron chi connectivity index (χ4n) is 2.39. The summed E-state index contributed by atoms with van der Waals surface area (Å²) in [7, 11) is 0. The van der Waals surface area contributed by atoms with Crippen molar-refractivity contribution in [2.24, 2.45) is 0 Å². The number of carbonyl (C=O) groups is 1. The molecule has 0 unspecified atom stereocenters. The first-order valence-corrected chi connectivity index (χ1v) is 8.50. The predicted octanol–water partition coefficient (Wildman–Crippen LogP) is 3.88. The molecular weight excluding hydrogens is 417 g/mol. The summed E-state index contributed by atoms with van der Waals surface area (Å²) < 4.78 is 48.4. The highest BCUT2D eigenvalue weighted by Crippen LogP contribution is 2.31. The maximum Gasteiger partial charge on any atom is 0.261 e. The van der Waals surface area contributed by atoms with Crippen LogP contribution < -0.4 is 4.74 Å². The van der Waals surface area contributed by atoms with Crippen molar-refractivity contribution in [3.8, 4) is 11.6 Å². The highest BCUT2D eigenvalue weighted by Gasteiger charge is 2.34. The van der Waals surface area contributed by atoms with Crippen molar-refractivity contribution in [1.82, 2.24) is 9.88 Å². The Morgan fingerprint density at radius 3 is 2.81 bits per heavy atom. The molecule has 1 aliphatic rings. The van der Waals surface area contributed by atoms with Crippen LogP contribution in [0.4, 0.5) is 13.2 Å². The van der Waals surface area contributed by atoms with E-state index in [1.165, 1.54) is 29.3 Å². The van der Waals surface area contributed by atoms with E-state index in [1.54, 1.807) is 12.1 Å². The number of hydrogen-bond acceptors (Lipinski definition) is 4. The van der Waals surface area contributed by atoms with Gasteiger partial charge in [-0.2, -0.15) is 0 Å². The van der Waals surface area contributed by atoms with Gasteiger partial charge in [-0.3, -0.25) is 4.79 Å². The van der Waals surface area contributed by atoms with Crippen molar-refractivity contribution >= 4 is 21.8 Å². The van der Waals surface area contributed by atoms with Gasteiger partial charge in [0.25, 0.3) is 12.3 Å². The number of nitrogens with zero attached hydrogens (tertiary/aromatic N) is 2. The molecule has 9 heteroatoms. The average Bonchev–Trinajstić information content (AvgIpc) is 2.56. The van der Waals surface area contributed by atoms with E-state index in [2.05, 4.69) is 20.9 Å². The molecular formula is C17H14BrF3N2O3. The van der Waals surface area contributed by atoms with Crippen LogP contribution >= 0.6 is 15.9 Å². The molecule has 0 bridgehead atoms. The molecule has 0 aliphatic carbocycles. The van der Waals surface area contributed by atoms with E-state index < -0.39 is 25.0 Å². The lowest BCUT2D eigenvalue weighted by molar-refractivity contribution is -0.0776. The van der Waals surface area contributed by atoms with E-state index in [4.69, 9.17) is 9.47 Å². The van der Waals surface area contributed by atoms with Crippen LogP contribution in [0.15, 0.2) is 41.0 Å². The molecule has 5 nitrogen and oxygen atoms in total. The zero-order valence-corrected chi connectivity index (χ0v) is 15.0. The number of ether oxygens (including phenoxy) is 2. The Morgan fingerprint density at radius 1 is 1.35 bits per heavy atom. The molecule has 1 aromatic carbocycles. The van der Waals surface area contributed by atoms with Crippen LogP contribution in [0.25, 0.3) is 0 Å². The van der Waals surface area contributed by atoms with Crippen molar-refractivity contribution in [3.05, 3.63) is 52.4 Å². The molecule has 2 heterocycles. The lowest BCUT2D eigenvalue weighted by atomic mass is 10.1. The summed E-state index contributed by atoms with van der Waals surface area (Å²) in [4.78, 5) is 18.1. The van der Waals surface area contributed by atoms with Crippen molar-refractivity contribution < 1.29 is 27.4 Å². The molecule has 1 fully saturated rings. The van der Waals surface area contributed by atoms with Crippen LogP contribution in [0.5, 0.6) is 11.6 Å². The van der Waals surface area contributed by atoms with Crippen molar-refractivity contribution in [2.45, 2.75) is 12.5 Å². The third kappa shape index (κ3) is 4.34. The van der Waals surface area contributed by atoms with Crippen molar-refractivity contribution in [1.29, 1.82) is 0 Å². The first kappa shape index (κ1) is 18.7. The van der Waals surface area contributed by atoms with Gasteiger partial charge in [-0.25, -0.2) is 18.2 Å². The van der Waals surface area contributed by atoms with Gasteiger partial charge in [-0.05, 0) is 46.3 Å². The Kier molecular flexibility index (Phi) is 5.77. The van der Waals surface area contributed by atoms with Gasteiger partial charge < -0.3 is 14.4 Å². The summed E-state index contributed by atoms with van der Waals surface area (Å²) in [6, 6.07) is 7.02. The summed E-state index contributed by atoms with van der Waals surface area (Å²) in [6.07, 6.45) is -1.47. The van der Waals surface area contributed by atoms with Crippen molar-refractivity contribution in [2.75, 3.05) is 19.7 Å². The van der Waals surface area contributed by atoms with Crippen LogP contribution in [0.1, 0.15) is 10.4 Å². The molecule has 0 radical (unpaired) electrons. The minimum atomic E-state index is -2.53. The Labute approximate surface area is 155 Å². The molecule has 0 N–H and O–H groups in total. The molecule has 0 atom stereocenters. The van der Waals surface area contributed by atoms with Crippen LogP contribution in [0.3, 0.4) is 0 Å². The first-order valence-electron chi connectivity index (χ1n) is 7.71. The fourth-order valence-corrected chi connectivity index (χ4v) is 2.82. The van der Waals surface area contributed by atoms with Gasteiger partial charge in [-0.15, -0.1) is 0 Å². The second-order valence-corrected chi connectivity index (χ2v) is 6.44. The number of rotatable bonds is 6. The van der Waals surface area contributed by atoms with Crippen LogP contribution in [-0.2, 0) is 4.74 Å². The zero-order valence-electron chi connectivity index (χ0n) is 13.4. The third-order valence-corrected chi connectivity index (χ3v) is 4.32. The average molecular weight is 431 g/mol. The number of pyridine rings is 1. The van der Waals surface area contributed by atoms with Crippen LogP contribution in [-0.4, -0.2) is 48.0 Å². The van der Waals surface area contributed by atoms with E-state index >= 15 is 0 Å². The lowest BCUT2D eigenvalue weighted by Gasteiger charge is -2.38. The summed E-state index contributed by atoms with van der Waals surface area (Å²) >= 11 is 3.19. The maximum absolute atomic E-state index is 13.2. The highest BCUT2D eigenvalue weighted by molar-refractivity contribution is 9.10. The Hall–Kier alpha value is -2.13. The van der Waals surface area contributed by atoms with Gasteiger partial charge >= 0.3 is 0 Å². The Bertz CT molecular complexity index is 801. The molecule has 1 amide bonds. The van der Waals surface area contributed by atoms with Gasteiger partial charge in [0.15, 0.2) is 0 Å². The summed E-state index contributed by atoms with van der Waals surface area (Å²) in [5.74, 6) is -0.400. The van der Waals surface area contributed by atoms with Gasteiger partial charge in [-0.1, -0.05) is 0 Å². The third-order valence-electron chi connectivity index (χ3n) is 3.70. The molecule has 0 spiro atoms. The lowest BCUT2D eigenvalue weighted by Crippen LogP contribution is -2.55. The molecule has 26 heavy (non-hydrogen) atoms. The molecule has 1 aromatic heterocycles. The fraction of sp³-hybridized carbons (Fsp3) is 0.294. The van der Waals surface area contributed by atoms with Gasteiger partial charge in [0.2, 0.25) is 5.88 Å². The minimum Gasteiger partial charge on any atom is -0.437 e. The quantitative estimate of drug-likeness (QED) is 0.697. The van der Waals surface area contributed by atoms with E-state index in [1.807, 2.05) is 0 Å². The molecule has 1 aliphatic heterocycles. The molecule has 1 saturated heterocycles. The summed E-state index contributed by atoms with van der Waals surface area (Å²) in [6.45, 7) is -0.202. The topological polar surface area (TPSA) is 51.7 Å². The van der Waals surface area contributed by atoms with Crippen molar-refractivity contribution in [3.63, 3.8) is 0 Å². The Morgan fingerprint density at radius 2 is 2.12 bits per heavy atom. The monoisotopic (exact) mass is 430 g/mol. The maximum atomic E-state index is 13.2. The smallest absolute Gasteiger partial charge is 0.261 e. The van der Waals surface area contributed by atoms with Gasteiger partial charge in [0.05, 0.1) is 10.6 Å². The molecule has 3 rings (SSSR count). The highest BCUT2D eigenvalue weighted by atomic mass is 79.9. The summed E-state index contributed by atoms with van der Waals surface area (Å²) in [5, 5.41) is 0. The van der Waals surface area contributed by atoms with E-state index in [0.29, 0.717) is 10.2 Å². The SMILES string of the molecule is O=C(c1cccnc1Oc1ccc(F)cc1Br)N1CC(OCC(F)F)C1.